The molecule has 0 aromatic heterocycles. The quantitative estimate of drug-likeness (QED) is 0.710. The zero-order valence-electron chi connectivity index (χ0n) is 12.6. The van der Waals surface area contributed by atoms with E-state index in [1.807, 2.05) is 0 Å². The standard InChI is InChI=1S/C16H27NO2/c1-5-7-17-11-15-9-12(2)16(13(3)10-15)19-8-6-14(4)18/h9-10,14,17-18H,5-8,11H2,1-4H3. The summed E-state index contributed by atoms with van der Waals surface area (Å²) in [5.41, 5.74) is 3.63. The molecule has 0 heterocycles. The first-order chi connectivity index (χ1) is 9.04. The highest BCUT2D eigenvalue weighted by atomic mass is 16.5. The van der Waals surface area contributed by atoms with Gasteiger partial charge in [-0.05, 0) is 50.4 Å². The van der Waals surface area contributed by atoms with Crippen molar-refractivity contribution in [1.82, 2.24) is 5.32 Å². The van der Waals surface area contributed by atoms with E-state index in [2.05, 4.69) is 38.2 Å². The lowest BCUT2D eigenvalue weighted by atomic mass is 10.1. The molecule has 0 fully saturated rings. The van der Waals surface area contributed by atoms with Gasteiger partial charge in [-0.25, -0.2) is 0 Å². The van der Waals surface area contributed by atoms with E-state index in [4.69, 9.17) is 4.74 Å². The first kappa shape index (κ1) is 16.0. The van der Waals surface area contributed by atoms with Crippen molar-refractivity contribution in [2.45, 2.75) is 53.2 Å². The Labute approximate surface area is 117 Å². The summed E-state index contributed by atoms with van der Waals surface area (Å²) < 4.78 is 5.78. The van der Waals surface area contributed by atoms with Gasteiger partial charge in [0.05, 0.1) is 12.7 Å². The summed E-state index contributed by atoms with van der Waals surface area (Å²) in [7, 11) is 0. The molecule has 2 N–H and O–H groups in total. The zero-order valence-corrected chi connectivity index (χ0v) is 12.6. The van der Waals surface area contributed by atoms with Gasteiger partial charge in [0.15, 0.2) is 0 Å². The van der Waals surface area contributed by atoms with Crippen LogP contribution in [0, 0.1) is 13.8 Å². The van der Waals surface area contributed by atoms with Crippen molar-refractivity contribution in [2.24, 2.45) is 0 Å². The second-order valence-electron chi connectivity index (χ2n) is 5.22. The summed E-state index contributed by atoms with van der Waals surface area (Å²) in [6.45, 7) is 10.6. The third-order valence-electron chi connectivity index (χ3n) is 3.06. The molecule has 1 aromatic carbocycles. The van der Waals surface area contributed by atoms with Crippen molar-refractivity contribution in [2.75, 3.05) is 13.2 Å². The number of nitrogens with one attached hydrogen (secondary N) is 1. The molecule has 0 spiro atoms. The second kappa shape index (κ2) is 8.18. The smallest absolute Gasteiger partial charge is 0.125 e. The van der Waals surface area contributed by atoms with Gasteiger partial charge in [0.1, 0.15) is 5.75 Å². The summed E-state index contributed by atoms with van der Waals surface area (Å²) in [5.74, 6) is 0.958. The van der Waals surface area contributed by atoms with E-state index in [9.17, 15) is 5.11 Å². The largest absolute Gasteiger partial charge is 0.493 e. The lowest BCUT2D eigenvalue weighted by molar-refractivity contribution is 0.155. The predicted octanol–water partition coefficient (Wildman–Crippen LogP) is 2.95. The fourth-order valence-corrected chi connectivity index (χ4v) is 2.11. The Morgan fingerprint density at radius 3 is 2.42 bits per heavy atom. The van der Waals surface area contributed by atoms with Crippen molar-refractivity contribution in [3.63, 3.8) is 0 Å². The van der Waals surface area contributed by atoms with Crippen LogP contribution in [0.25, 0.3) is 0 Å². The zero-order chi connectivity index (χ0) is 14.3. The third-order valence-corrected chi connectivity index (χ3v) is 3.06. The number of hydrogen-bond donors (Lipinski definition) is 2. The molecule has 3 nitrogen and oxygen atoms in total. The van der Waals surface area contributed by atoms with E-state index in [1.54, 1.807) is 6.92 Å². The maximum absolute atomic E-state index is 9.25. The minimum atomic E-state index is -0.307. The Morgan fingerprint density at radius 1 is 1.26 bits per heavy atom. The number of aliphatic hydroxyl groups is 1. The molecule has 0 aliphatic rings. The molecule has 0 bridgehead atoms. The van der Waals surface area contributed by atoms with Crippen LogP contribution in [0.4, 0.5) is 0 Å². The molecule has 108 valence electrons. The predicted molar refractivity (Wildman–Crippen MR) is 79.7 cm³/mol. The molecule has 0 aliphatic heterocycles. The SMILES string of the molecule is CCCNCc1cc(C)c(OCCC(C)O)c(C)c1. The molecule has 1 atom stereocenters. The van der Waals surface area contributed by atoms with Crippen molar-refractivity contribution in [3.05, 3.63) is 28.8 Å². The van der Waals surface area contributed by atoms with Gasteiger partial charge in [-0.3, -0.25) is 0 Å². The summed E-state index contributed by atoms with van der Waals surface area (Å²) >= 11 is 0. The molecule has 1 aromatic rings. The van der Waals surface area contributed by atoms with Gasteiger partial charge in [0.25, 0.3) is 0 Å². The Hall–Kier alpha value is -1.06. The van der Waals surface area contributed by atoms with Gasteiger partial charge in [0.2, 0.25) is 0 Å². The van der Waals surface area contributed by atoms with E-state index in [1.165, 1.54) is 16.7 Å². The van der Waals surface area contributed by atoms with Crippen LogP contribution in [0.15, 0.2) is 12.1 Å². The van der Waals surface area contributed by atoms with Crippen LogP contribution in [0.1, 0.15) is 43.4 Å². The topological polar surface area (TPSA) is 41.5 Å². The summed E-state index contributed by atoms with van der Waals surface area (Å²) in [5, 5.41) is 12.7. The van der Waals surface area contributed by atoms with Crippen molar-refractivity contribution >= 4 is 0 Å². The van der Waals surface area contributed by atoms with Gasteiger partial charge >= 0.3 is 0 Å². The molecule has 19 heavy (non-hydrogen) atoms. The molecule has 0 saturated heterocycles. The monoisotopic (exact) mass is 265 g/mol. The number of aliphatic hydroxyl groups excluding tert-OH is 1. The van der Waals surface area contributed by atoms with E-state index in [0.717, 1.165) is 25.3 Å². The summed E-state index contributed by atoms with van der Waals surface area (Å²) in [6, 6.07) is 4.35. The second-order valence-corrected chi connectivity index (χ2v) is 5.22. The molecule has 0 radical (unpaired) electrons. The van der Waals surface area contributed by atoms with E-state index < -0.39 is 0 Å². The fourth-order valence-electron chi connectivity index (χ4n) is 2.11. The highest BCUT2D eigenvalue weighted by Crippen LogP contribution is 2.25. The highest BCUT2D eigenvalue weighted by molar-refractivity contribution is 5.43. The number of aryl methyl sites for hydroxylation is 2. The average molecular weight is 265 g/mol. The van der Waals surface area contributed by atoms with Crippen molar-refractivity contribution in [1.29, 1.82) is 0 Å². The van der Waals surface area contributed by atoms with Crippen LogP contribution in [0.2, 0.25) is 0 Å². The lowest BCUT2D eigenvalue weighted by Crippen LogP contribution is -2.14. The molecule has 3 heteroatoms. The number of rotatable bonds is 8. The summed E-state index contributed by atoms with van der Waals surface area (Å²) in [6.07, 6.45) is 1.51. The number of ether oxygens (including phenoxy) is 1. The Kier molecular flexibility index (Phi) is 6.89. The third kappa shape index (κ3) is 5.62. The summed E-state index contributed by atoms with van der Waals surface area (Å²) in [4.78, 5) is 0. The number of hydrogen-bond acceptors (Lipinski definition) is 3. The Balaban J connectivity index is 2.63. The number of benzene rings is 1. The van der Waals surface area contributed by atoms with Crippen LogP contribution >= 0.6 is 0 Å². The van der Waals surface area contributed by atoms with Gasteiger partial charge in [-0.2, -0.15) is 0 Å². The first-order valence-corrected chi connectivity index (χ1v) is 7.16. The molecule has 0 saturated carbocycles. The molecule has 0 amide bonds. The van der Waals surface area contributed by atoms with Crippen molar-refractivity contribution < 1.29 is 9.84 Å². The maximum Gasteiger partial charge on any atom is 0.125 e. The highest BCUT2D eigenvalue weighted by Gasteiger charge is 2.07. The molecular formula is C16H27NO2. The minimum absolute atomic E-state index is 0.307. The normalized spacial score (nSPS) is 12.5. The van der Waals surface area contributed by atoms with Crippen LogP contribution in [-0.4, -0.2) is 24.4 Å². The van der Waals surface area contributed by atoms with Crippen LogP contribution in [0.3, 0.4) is 0 Å². The van der Waals surface area contributed by atoms with E-state index in [-0.39, 0.29) is 6.10 Å². The van der Waals surface area contributed by atoms with Gasteiger partial charge in [-0.1, -0.05) is 19.1 Å². The average Bonchev–Trinajstić information content (AvgIpc) is 2.32. The van der Waals surface area contributed by atoms with Gasteiger partial charge < -0.3 is 15.2 Å². The first-order valence-electron chi connectivity index (χ1n) is 7.16. The Bertz CT molecular complexity index is 365. The van der Waals surface area contributed by atoms with Gasteiger partial charge in [-0.15, -0.1) is 0 Å². The van der Waals surface area contributed by atoms with Crippen LogP contribution in [0.5, 0.6) is 5.75 Å². The van der Waals surface area contributed by atoms with E-state index >= 15 is 0 Å². The van der Waals surface area contributed by atoms with Crippen LogP contribution < -0.4 is 10.1 Å². The molecular weight excluding hydrogens is 238 g/mol. The van der Waals surface area contributed by atoms with Crippen LogP contribution in [-0.2, 0) is 6.54 Å². The molecule has 1 rings (SSSR count). The van der Waals surface area contributed by atoms with Crippen molar-refractivity contribution in [3.8, 4) is 5.75 Å². The fraction of sp³-hybridized carbons (Fsp3) is 0.625. The maximum atomic E-state index is 9.25. The molecule has 1 unspecified atom stereocenters. The van der Waals surface area contributed by atoms with Gasteiger partial charge in [0, 0.05) is 13.0 Å². The molecule has 0 aliphatic carbocycles. The van der Waals surface area contributed by atoms with E-state index in [0.29, 0.717) is 13.0 Å². The Morgan fingerprint density at radius 2 is 1.89 bits per heavy atom. The lowest BCUT2D eigenvalue weighted by Gasteiger charge is -2.15. The minimum Gasteiger partial charge on any atom is -0.493 e.